The van der Waals surface area contributed by atoms with Crippen molar-refractivity contribution in [2.75, 3.05) is 13.2 Å². The predicted octanol–water partition coefficient (Wildman–Crippen LogP) is 3.65. The summed E-state index contributed by atoms with van der Waals surface area (Å²) < 4.78 is 14.3. The summed E-state index contributed by atoms with van der Waals surface area (Å²) in [5, 5.41) is 0. The van der Waals surface area contributed by atoms with Crippen LogP contribution in [0.15, 0.2) is 17.1 Å². The number of rotatable bonds is 5. The largest absolute Gasteiger partial charge is 0.486 e. The van der Waals surface area contributed by atoms with Crippen LogP contribution in [0.3, 0.4) is 0 Å². The maximum atomic E-state index is 12.6. The van der Waals surface area contributed by atoms with Gasteiger partial charge in [0.25, 0.3) is 5.91 Å². The minimum absolute atomic E-state index is 0.00174. The van der Waals surface area contributed by atoms with Gasteiger partial charge >= 0.3 is 0 Å². The molecule has 24 heavy (non-hydrogen) atoms. The number of carbonyl (C=O) groups is 1. The minimum atomic E-state index is -0.00174. The highest BCUT2D eigenvalue weighted by molar-refractivity contribution is 7.16. The Morgan fingerprint density at radius 2 is 1.83 bits per heavy atom. The second-order valence-corrected chi connectivity index (χ2v) is 7.14. The van der Waals surface area contributed by atoms with Gasteiger partial charge < -0.3 is 14.0 Å². The van der Waals surface area contributed by atoms with Crippen LogP contribution in [0.1, 0.15) is 39.5 Å². The van der Waals surface area contributed by atoms with Gasteiger partial charge in [-0.1, -0.05) is 38.0 Å². The van der Waals surface area contributed by atoms with E-state index >= 15 is 0 Å². The number of hydrogen-bond acceptors (Lipinski definition) is 4. The molecule has 0 aliphatic carbocycles. The molecular weight excluding hydrogens is 324 g/mol. The SMILES string of the molecule is CCCC(CCC)C(=O)N=c1sc2cc3c(cc2n1C)OCCO3. The Hall–Kier alpha value is -1.82. The van der Waals surface area contributed by atoms with E-state index in [4.69, 9.17) is 9.47 Å². The average Bonchev–Trinajstić information content (AvgIpc) is 2.88. The van der Waals surface area contributed by atoms with Crippen molar-refractivity contribution in [2.45, 2.75) is 39.5 Å². The molecule has 1 aromatic heterocycles. The first kappa shape index (κ1) is 17.0. The van der Waals surface area contributed by atoms with Gasteiger partial charge in [-0.05, 0) is 12.8 Å². The van der Waals surface area contributed by atoms with E-state index in [0.717, 1.165) is 52.2 Å². The number of nitrogens with zero attached hydrogens (tertiary/aromatic N) is 2. The third-order valence-corrected chi connectivity index (χ3v) is 5.40. The summed E-state index contributed by atoms with van der Waals surface area (Å²) in [5.74, 6) is 1.56. The topological polar surface area (TPSA) is 52.8 Å². The monoisotopic (exact) mass is 348 g/mol. The number of benzene rings is 1. The molecule has 3 rings (SSSR count). The van der Waals surface area contributed by atoms with Gasteiger partial charge in [-0.2, -0.15) is 4.99 Å². The number of aryl methyl sites for hydroxylation is 1. The number of aromatic nitrogens is 1. The first-order valence-electron chi connectivity index (χ1n) is 8.61. The van der Waals surface area contributed by atoms with E-state index in [9.17, 15) is 4.79 Å². The van der Waals surface area contributed by atoms with Crippen molar-refractivity contribution < 1.29 is 14.3 Å². The Morgan fingerprint density at radius 3 is 2.46 bits per heavy atom. The van der Waals surface area contributed by atoms with Gasteiger partial charge in [0.2, 0.25) is 0 Å². The van der Waals surface area contributed by atoms with Crippen molar-refractivity contribution in [3.8, 4) is 11.5 Å². The molecule has 0 fully saturated rings. The summed E-state index contributed by atoms with van der Waals surface area (Å²) in [5.41, 5.74) is 1.01. The van der Waals surface area contributed by atoms with Crippen molar-refractivity contribution in [1.82, 2.24) is 4.57 Å². The van der Waals surface area contributed by atoms with Crippen LogP contribution in [-0.4, -0.2) is 23.7 Å². The van der Waals surface area contributed by atoms with Crippen LogP contribution in [0.2, 0.25) is 0 Å². The van der Waals surface area contributed by atoms with E-state index in [0.29, 0.717) is 13.2 Å². The Morgan fingerprint density at radius 1 is 1.21 bits per heavy atom. The highest BCUT2D eigenvalue weighted by atomic mass is 32.1. The van der Waals surface area contributed by atoms with E-state index in [1.165, 1.54) is 11.3 Å². The lowest BCUT2D eigenvalue weighted by Crippen LogP contribution is -2.19. The fourth-order valence-corrected chi connectivity index (χ4v) is 4.08. The van der Waals surface area contributed by atoms with E-state index in [1.807, 2.05) is 23.7 Å². The van der Waals surface area contributed by atoms with Gasteiger partial charge in [-0.25, -0.2) is 0 Å². The molecule has 0 saturated carbocycles. The van der Waals surface area contributed by atoms with E-state index in [-0.39, 0.29) is 11.8 Å². The van der Waals surface area contributed by atoms with Crippen LogP contribution in [0, 0.1) is 5.92 Å². The summed E-state index contributed by atoms with van der Waals surface area (Å²) in [6, 6.07) is 3.95. The molecule has 130 valence electrons. The quantitative estimate of drug-likeness (QED) is 0.829. The lowest BCUT2D eigenvalue weighted by Gasteiger charge is -2.18. The molecule has 5 nitrogen and oxygen atoms in total. The highest BCUT2D eigenvalue weighted by Gasteiger charge is 2.18. The molecule has 1 amide bonds. The second kappa shape index (κ2) is 7.38. The molecule has 1 aliphatic heterocycles. The number of amides is 1. The number of thiazole rings is 1. The van der Waals surface area contributed by atoms with Crippen molar-refractivity contribution in [1.29, 1.82) is 0 Å². The van der Waals surface area contributed by atoms with Crippen molar-refractivity contribution in [3.05, 3.63) is 16.9 Å². The zero-order chi connectivity index (χ0) is 17.1. The number of hydrogen-bond donors (Lipinski definition) is 0. The first-order valence-corrected chi connectivity index (χ1v) is 9.43. The molecule has 0 N–H and O–H groups in total. The summed E-state index contributed by atoms with van der Waals surface area (Å²) >= 11 is 1.52. The van der Waals surface area contributed by atoms with Crippen LogP contribution in [0.4, 0.5) is 0 Å². The molecule has 0 unspecified atom stereocenters. The van der Waals surface area contributed by atoms with Gasteiger partial charge in [0.15, 0.2) is 16.3 Å². The van der Waals surface area contributed by atoms with Crippen LogP contribution in [-0.2, 0) is 11.8 Å². The van der Waals surface area contributed by atoms with Crippen LogP contribution < -0.4 is 14.3 Å². The van der Waals surface area contributed by atoms with E-state index in [2.05, 4.69) is 18.8 Å². The lowest BCUT2D eigenvalue weighted by molar-refractivity contribution is -0.122. The Kier molecular flexibility index (Phi) is 5.23. The molecule has 0 bridgehead atoms. The van der Waals surface area contributed by atoms with Crippen molar-refractivity contribution >= 4 is 27.5 Å². The minimum Gasteiger partial charge on any atom is -0.486 e. The molecule has 0 saturated heterocycles. The molecule has 2 heterocycles. The van der Waals surface area contributed by atoms with Crippen LogP contribution in [0.25, 0.3) is 10.2 Å². The number of fused-ring (bicyclic) bond motifs is 2. The van der Waals surface area contributed by atoms with Crippen molar-refractivity contribution in [3.63, 3.8) is 0 Å². The molecule has 0 radical (unpaired) electrons. The average molecular weight is 348 g/mol. The Bertz CT molecular complexity index is 800. The predicted molar refractivity (Wildman–Crippen MR) is 95.7 cm³/mol. The summed E-state index contributed by atoms with van der Waals surface area (Å²) in [7, 11) is 1.94. The number of carbonyl (C=O) groups excluding carboxylic acids is 1. The standard InChI is InChI=1S/C18H24N2O3S/c1-4-6-12(7-5-2)17(21)19-18-20(3)13-10-14-15(11-16(13)24-18)23-9-8-22-14/h10-12H,4-9H2,1-3H3. The summed E-state index contributed by atoms with van der Waals surface area (Å²) in [6.07, 6.45) is 3.82. The van der Waals surface area contributed by atoms with Gasteiger partial charge in [0.05, 0.1) is 10.2 Å². The molecule has 0 atom stereocenters. The molecule has 2 aromatic rings. The van der Waals surface area contributed by atoms with E-state index in [1.54, 1.807) is 0 Å². The van der Waals surface area contributed by atoms with Crippen LogP contribution >= 0.6 is 11.3 Å². The molecule has 6 heteroatoms. The van der Waals surface area contributed by atoms with Crippen LogP contribution in [0.5, 0.6) is 11.5 Å². The summed E-state index contributed by atoms with van der Waals surface area (Å²) in [6.45, 7) is 5.36. The zero-order valence-electron chi connectivity index (χ0n) is 14.5. The van der Waals surface area contributed by atoms with Gasteiger partial charge in [0, 0.05) is 25.1 Å². The molecular formula is C18H24N2O3S. The number of ether oxygens (including phenoxy) is 2. The third kappa shape index (κ3) is 3.34. The molecule has 1 aliphatic rings. The Balaban J connectivity index is 1.99. The smallest absolute Gasteiger partial charge is 0.251 e. The van der Waals surface area contributed by atoms with Gasteiger partial charge in [0.1, 0.15) is 13.2 Å². The fraction of sp³-hybridized carbons (Fsp3) is 0.556. The zero-order valence-corrected chi connectivity index (χ0v) is 15.3. The fourth-order valence-electron chi connectivity index (χ4n) is 3.04. The maximum Gasteiger partial charge on any atom is 0.251 e. The normalized spacial score (nSPS) is 14.6. The third-order valence-electron chi connectivity index (χ3n) is 4.30. The molecule has 1 aromatic carbocycles. The first-order chi connectivity index (χ1) is 11.6. The van der Waals surface area contributed by atoms with Gasteiger partial charge in [-0.15, -0.1) is 0 Å². The van der Waals surface area contributed by atoms with Gasteiger partial charge in [-0.3, -0.25) is 4.79 Å². The van der Waals surface area contributed by atoms with Crippen molar-refractivity contribution in [2.24, 2.45) is 18.0 Å². The van der Waals surface area contributed by atoms with E-state index < -0.39 is 0 Å². The lowest BCUT2D eigenvalue weighted by atomic mass is 9.98. The Labute approximate surface area is 145 Å². The highest BCUT2D eigenvalue weighted by Crippen LogP contribution is 2.35. The maximum absolute atomic E-state index is 12.6. The second-order valence-electron chi connectivity index (χ2n) is 6.13. The summed E-state index contributed by atoms with van der Waals surface area (Å²) in [4.78, 5) is 17.7. The molecule has 0 spiro atoms.